The molecule has 1 unspecified atom stereocenters. The van der Waals surface area contributed by atoms with Gasteiger partial charge in [-0.3, -0.25) is 4.79 Å². The van der Waals surface area contributed by atoms with Gasteiger partial charge in [-0.2, -0.15) is 13.2 Å². The first kappa shape index (κ1) is 19.2. The molecule has 0 amide bonds. The van der Waals surface area contributed by atoms with Crippen molar-refractivity contribution < 1.29 is 18.0 Å². The molecule has 0 aliphatic rings. The summed E-state index contributed by atoms with van der Waals surface area (Å²) in [6.45, 7) is 5.61. The molecular weight excluding hydrogens is 327 g/mol. The molecule has 0 saturated carbocycles. The van der Waals surface area contributed by atoms with Gasteiger partial charge in [-0.1, -0.05) is 42.5 Å². The zero-order valence-electron chi connectivity index (χ0n) is 14.5. The van der Waals surface area contributed by atoms with E-state index in [-0.39, 0.29) is 16.9 Å². The van der Waals surface area contributed by atoms with Crippen molar-refractivity contribution in [3.63, 3.8) is 0 Å². The van der Waals surface area contributed by atoms with Gasteiger partial charge in [0.25, 0.3) is 0 Å². The van der Waals surface area contributed by atoms with Gasteiger partial charge < -0.3 is 5.32 Å². The Kier molecular flexibility index (Phi) is 5.68. The molecule has 0 spiro atoms. The van der Waals surface area contributed by atoms with Crippen LogP contribution < -0.4 is 5.32 Å². The van der Waals surface area contributed by atoms with Gasteiger partial charge in [0, 0.05) is 11.1 Å². The number of carbonyl (C=O) groups is 1. The summed E-state index contributed by atoms with van der Waals surface area (Å²) in [5.41, 5.74) is -0.00363. The van der Waals surface area contributed by atoms with Gasteiger partial charge in [-0.05, 0) is 44.9 Å². The van der Waals surface area contributed by atoms with Crippen LogP contribution in [0.3, 0.4) is 0 Å². The summed E-state index contributed by atoms with van der Waals surface area (Å²) in [5, 5.41) is 3.23. The molecule has 0 aromatic heterocycles. The molecule has 0 fully saturated rings. The smallest absolute Gasteiger partial charge is 0.302 e. The van der Waals surface area contributed by atoms with Crippen LogP contribution in [-0.2, 0) is 12.6 Å². The van der Waals surface area contributed by atoms with E-state index in [1.807, 2.05) is 44.2 Å². The molecule has 0 heterocycles. The maximum absolute atomic E-state index is 12.8. The first-order valence-electron chi connectivity index (χ1n) is 8.11. The van der Waals surface area contributed by atoms with Crippen molar-refractivity contribution in [2.24, 2.45) is 0 Å². The summed E-state index contributed by atoms with van der Waals surface area (Å²) in [6, 6.07) is 13.8. The predicted octanol–water partition coefficient (Wildman–Crippen LogP) is 4.89. The minimum atomic E-state index is -4.46. The number of ketones is 1. The third-order valence-electron chi connectivity index (χ3n) is 3.96. The Morgan fingerprint density at radius 2 is 1.68 bits per heavy atom. The van der Waals surface area contributed by atoms with Crippen molar-refractivity contribution in [2.75, 3.05) is 0 Å². The predicted molar refractivity (Wildman–Crippen MR) is 92.6 cm³/mol. The second kappa shape index (κ2) is 7.40. The second-order valence-corrected chi connectivity index (χ2v) is 6.86. The van der Waals surface area contributed by atoms with E-state index >= 15 is 0 Å². The van der Waals surface area contributed by atoms with E-state index in [4.69, 9.17) is 0 Å². The fraction of sp³-hybridized carbons (Fsp3) is 0.350. The fourth-order valence-corrected chi connectivity index (χ4v) is 2.91. The number of rotatable bonds is 6. The summed E-state index contributed by atoms with van der Waals surface area (Å²) >= 11 is 0. The van der Waals surface area contributed by atoms with Crippen LogP contribution in [0.15, 0.2) is 54.6 Å². The third kappa shape index (κ3) is 5.43. The normalized spacial score (nSPS) is 13.5. The molecule has 2 aromatic rings. The van der Waals surface area contributed by atoms with Crippen LogP contribution >= 0.6 is 0 Å². The molecule has 0 saturated heterocycles. The number of carbonyl (C=O) groups excluding carboxylic acids is 1. The lowest BCUT2D eigenvalue weighted by molar-refractivity contribution is -0.137. The monoisotopic (exact) mass is 349 g/mol. The van der Waals surface area contributed by atoms with Crippen LogP contribution in [0.1, 0.15) is 42.3 Å². The molecule has 0 aliphatic carbocycles. The van der Waals surface area contributed by atoms with Crippen molar-refractivity contribution in [1.82, 2.24) is 5.32 Å². The summed E-state index contributed by atoms with van der Waals surface area (Å²) in [6.07, 6.45) is -3.76. The van der Waals surface area contributed by atoms with Crippen LogP contribution in [0.2, 0.25) is 0 Å². The van der Waals surface area contributed by atoms with Crippen molar-refractivity contribution >= 4 is 5.78 Å². The van der Waals surface area contributed by atoms with Crippen molar-refractivity contribution in [1.29, 1.82) is 0 Å². The molecule has 2 rings (SSSR count). The lowest BCUT2D eigenvalue weighted by Crippen LogP contribution is -2.49. The minimum Gasteiger partial charge on any atom is -0.302 e. The third-order valence-corrected chi connectivity index (χ3v) is 3.96. The molecule has 1 atom stereocenters. The Labute approximate surface area is 146 Å². The number of hydrogen-bond donors (Lipinski definition) is 1. The molecule has 2 nitrogen and oxygen atoms in total. The summed E-state index contributed by atoms with van der Waals surface area (Å²) < 4.78 is 38.5. The zero-order valence-corrected chi connectivity index (χ0v) is 14.5. The molecular formula is C20H22F3NO. The molecule has 2 aromatic carbocycles. The quantitative estimate of drug-likeness (QED) is 0.753. The second-order valence-electron chi connectivity index (χ2n) is 6.86. The average Bonchev–Trinajstić information content (AvgIpc) is 2.53. The molecule has 25 heavy (non-hydrogen) atoms. The van der Waals surface area contributed by atoms with Gasteiger partial charge >= 0.3 is 6.18 Å². The van der Waals surface area contributed by atoms with E-state index in [1.165, 1.54) is 12.1 Å². The number of halogens is 3. The van der Waals surface area contributed by atoms with Crippen molar-refractivity contribution in [3.05, 3.63) is 71.3 Å². The van der Waals surface area contributed by atoms with Gasteiger partial charge in [0.1, 0.15) is 0 Å². The van der Waals surface area contributed by atoms with E-state index in [1.54, 1.807) is 6.92 Å². The molecule has 1 N–H and O–H groups in total. The summed E-state index contributed by atoms with van der Waals surface area (Å²) in [5.74, 6) is -0.354. The number of Topliss-reactive ketones (excluding diaryl/α,β-unsaturated/α-hetero) is 1. The van der Waals surface area contributed by atoms with E-state index < -0.39 is 17.8 Å². The van der Waals surface area contributed by atoms with Crippen LogP contribution in [0.25, 0.3) is 0 Å². The topological polar surface area (TPSA) is 29.1 Å². The van der Waals surface area contributed by atoms with E-state index in [0.29, 0.717) is 6.42 Å². The number of benzene rings is 2. The number of nitrogens with one attached hydrogen (secondary N) is 1. The highest BCUT2D eigenvalue weighted by molar-refractivity contribution is 6.00. The first-order chi connectivity index (χ1) is 11.6. The number of alkyl halides is 3. The molecule has 0 aliphatic heterocycles. The first-order valence-corrected chi connectivity index (χ1v) is 8.11. The molecule has 0 radical (unpaired) electrons. The van der Waals surface area contributed by atoms with Crippen LogP contribution in [-0.4, -0.2) is 17.4 Å². The van der Waals surface area contributed by atoms with Gasteiger partial charge in [0.15, 0.2) is 5.78 Å². The lowest BCUT2D eigenvalue weighted by Gasteiger charge is -2.30. The SMILES string of the molecule is CC(NC(C)(C)Cc1ccccc1)C(=O)c1cccc(C(F)(F)F)c1. The Morgan fingerprint density at radius 1 is 1.04 bits per heavy atom. The highest BCUT2D eigenvalue weighted by atomic mass is 19.4. The Hall–Kier alpha value is -2.14. The van der Waals surface area contributed by atoms with Crippen molar-refractivity contribution in [3.8, 4) is 0 Å². The van der Waals surface area contributed by atoms with Crippen LogP contribution in [0.5, 0.6) is 0 Å². The highest BCUT2D eigenvalue weighted by Crippen LogP contribution is 2.29. The Morgan fingerprint density at radius 3 is 2.28 bits per heavy atom. The van der Waals surface area contributed by atoms with Gasteiger partial charge in [-0.15, -0.1) is 0 Å². The summed E-state index contributed by atoms with van der Waals surface area (Å²) in [4.78, 5) is 12.5. The summed E-state index contributed by atoms with van der Waals surface area (Å²) in [7, 11) is 0. The zero-order chi connectivity index (χ0) is 18.7. The van der Waals surface area contributed by atoms with Gasteiger partial charge in [-0.25, -0.2) is 0 Å². The van der Waals surface area contributed by atoms with Crippen LogP contribution in [0, 0.1) is 0 Å². The number of hydrogen-bond acceptors (Lipinski definition) is 2. The molecule has 134 valence electrons. The average molecular weight is 349 g/mol. The van der Waals surface area contributed by atoms with E-state index in [2.05, 4.69) is 5.32 Å². The van der Waals surface area contributed by atoms with Gasteiger partial charge in [0.05, 0.1) is 11.6 Å². The molecule has 0 bridgehead atoms. The Bertz CT molecular complexity index is 723. The van der Waals surface area contributed by atoms with Gasteiger partial charge in [0.2, 0.25) is 0 Å². The minimum absolute atomic E-state index is 0.0605. The largest absolute Gasteiger partial charge is 0.416 e. The highest BCUT2D eigenvalue weighted by Gasteiger charge is 2.32. The van der Waals surface area contributed by atoms with Crippen molar-refractivity contribution in [2.45, 2.75) is 44.9 Å². The Balaban J connectivity index is 2.09. The maximum atomic E-state index is 12.8. The lowest BCUT2D eigenvalue weighted by atomic mass is 9.92. The van der Waals surface area contributed by atoms with E-state index in [9.17, 15) is 18.0 Å². The standard InChI is InChI=1S/C20H22F3NO/c1-14(24-19(2,3)13-15-8-5-4-6-9-15)18(25)16-10-7-11-17(12-16)20(21,22)23/h4-12,14,24H,13H2,1-3H3. The fourth-order valence-electron chi connectivity index (χ4n) is 2.91. The molecule has 5 heteroatoms. The maximum Gasteiger partial charge on any atom is 0.416 e. The van der Waals surface area contributed by atoms with Crippen LogP contribution in [0.4, 0.5) is 13.2 Å². The van der Waals surface area contributed by atoms with E-state index in [0.717, 1.165) is 17.7 Å².